The summed E-state index contributed by atoms with van der Waals surface area (Å²) in [4.78, 5) is 2.74. The Morgan fingerprint density at radius 3 is 2.29 bits per heavy atom. The molecule has 2 unspecified atom stereocenters. The van der Waals surface area contributed by atoms with Crippen LogP contribution in [0, 0.1) is 11.3 Å². The summed E-state index contributed by atoms with van der Waals surface area (Å²) in [6.07, 6.45) is 6.74. The minimum atomic E-state index is 0.297. The van der Waals surface area contributed by atoms with E-state index in [1.54, 1.807) is 0 Å². The molecule has 2 aliphatic carbocycles. The zero-order chi connectivity index (χ0) is 12.7. The Kier molecular flexibility index (Phi) is 3.57. The second-order valence-corrected chi connectivity index (χ2v) is 7.09. The predicted octanol–water partition coefficient (Wildman–Crippen LogP) is 3.01. The minimum Gasteiger partial charge on any atom is -0.329 e. The van der Waals surface area contributed by atoms with E-state index in [0.29, 0.717) is 11.0 Å². The van der Waals surface area contributed by atoms with Gasteiger partial charge < -0.3 is 5.73 Å². The van der Waals surface area contributed by atoms with Crippen LogP contribution in [0.25, 0.3) is 0 Å². The molecule has 2 rings (SSSR count). The second kappa shape index (κ2) is 4.55. The SMILES string of the molecule is CCN(C1CC1)C1(CN)CCC(C)(C)CC1C. The second-order valence-electron chi connectivity index (χ2n) is 7.09. The maximum absolute atomic E-state index is 6.22. The molecular weight excluding hydrogens is 208 g/mol. The lowest BCUT2D eigenvalue weighted by molar-refractivity contribution is -0.0247. The van der Waals surface area contributed by atoms with E-state index in [4.69, 9.17) is 5.73 Å². The molecule has 2 heteroatoms. The van der Waals surface area contributed by atoms with Crippen LogP contribution in [-0.2, 0) is 0 Å². The van der Waals surface area contributed by atoms with Crippen molar-refractivity contribution in [3.05, 3.63) is 0 Å². The molecule has 2 N–H and O–H groups in total. The molecule has 2 fully saturated rings. The van der Waals surface area contributed by atoms with Crippen molar-refractivity contribution in [3.8, 4) is 0 Å². The molecule has 0 bridgehead atoms. The minimum absolute atomic E-state index is 0.297. The lowest BCUT2D eigenvalue weighted by Crippen LogP contribution is -2.61. The summed E-state index contributed by atoms with van der Waals surface area (Å²) in [5.41, 5.74) is 7.03. The fourth-order valence-corrected chi connectivity index (χ4v) is 4.09. The summed E-state index contributed by atoms with van der Waals surface area (Å²) in [7, 11) is 0. The molecule has 0 spiro atoms. The Hall–Kier alpha value is -0.0800. The van der Waals surface area contributed by atoms with Gasteiger partial charge in [0, 0.05) is 18.1 Å². The van der Waals surface area contributed by atoms with Crippen molar-refractivity contribution < 1.29 is 0 Å². The molecule has 0 heterocycles. The van der Waals surface area contributed by atoms with Gasteiger partial charge in [-0.05, 0) is 50.0 Å². The average molecular weight is 238 g/mol. The Balaban J connectivity index is 2.18. The third kappa shape index (κ3) is 2.39. The van der Waals surface area contributed by atoms with Crippen molar-refractivity contribution >= 4 is 0 Å². The van der Waals surface area contributed by atoms with Crippen LogP contribution in [0.15, 0.2) is 0 Å². The van der Waals surface area contributed by atoms with E-state index >= 15 is 0 Å². The summed E-state index contributed by atoms with van der Waals surface area (Å²) in [5.74, 6) is 0.733. The zero-order valence-corrected chi connectivity index (χ0v) is 12.1. The monoisotopic (exact) mass is 238 g/mol. The lowest BCUT2D eigenvalue weighted by Gasteiger charge is -2.54. The first-order valence-corrected chi connectivity index (χ1v) is 7.42. The van der Waals surface area contributed by atoms with Gasteiger partial charge in [0.2, 0.25) is 0 Å². The van der Waals surface area contributed by atoms with Gasteiger partial charge in [0.25, 0.3) is 0 Å². The van der Waals surface area contributed by atoms with Crippen LogP contribution in [0.2, 0.25) is 0 Å². The van der Waals surface area contributed by atoms with E-state index in [9.17, 15) is 0 Å². The number of hydrogen-bond donors (Lipinski definition) is 1. The highest BCUT2D eigenvalue weighted by atomic mass is 15.3. The molecule has 0 amide bonds. The molecule has 2 saturated carbocycles. The van der Waals surface area contributed by atoms with Crippen molar-refractivity contribution in [2.24, 2.45) is 17.1 Å². The molecule has 100 valence electrons. The molecule has 2 nitrogen and oxygen atoms in total. The van der Waals surface area contributed by atoms with Crippen molar-refractivity contribution in [3.63, 3.8) is 0 Å². The van der Waals surface area contributed by atoms with Crippen LogP contribution in [0.5, 0.6) is 0 Å². The molecular formula is C15H30N2. The maximum atomic E-state index is 6.22. The van der Waals surface area contributed by atoms with Gasteiger partial charge in [0.15, 0.2) is 0 Å². The quantitative estimate of drug-likeness (QED) is 0.816. The van der Waals surface area contributed by atoms with Crippen LogP contribution in [0.4, 0.5) is 0 Å². The average Bonchev–Trinajstić information content (AvgIpc) is 3.06. The van der Waals surface area contributed by atoms with E-state index in [0.717, 1.165) is 18.5 Å². The number of rotatable bonds is 4. The van der Waals surface area contributed by atoms with Gasteiger partial charge in [-0.1, -0.05) is 27.7 Å². The van der Waals surface area contributed by atoms with E-state index < -0.39 is 0 Å². The molecule has 0 saturated heterocycles. The number of likely N-dealkylation sites (N-methyl/N-ethyl adjacent to an activating group) is 1. The van der Waals surface area contributed by atoms with Crippen LogP contribution in [0.3, 0.4) is 0 Å². The van der Waals surface area contributed by atoms with Crippen molar-refractivity contribution in [2.75, 3.05) is 13.1 Å². The number of nitrogens with two attached hydrogens (primary N) is 1. The summed E-state index contributed by atoms with van der Waals surface area (Å²) in [6.45, 7) is 11.6. The Morgan fingerprint density at radius 2 is 1.88 bits per heavy atom. The fourth-order valence-electron chi connectivity index (χ4n) is 4.09. The Bertz CT molecular complexity index is 270. The summed E-state index contributed by atoms with van der Waals surface area (Å²) < 4.78 is 0. The van der Waals surface area contributed by atoms with Crippen molar-refractivity contribution in [1.29, 1.82) is 0 Å². The van der Waals surface area contributed by atoms with Crippen LogP contribution < -0.4 is 5.73 Å². The first-order valence-electron chi connectivity index (χ1n) is 7.42. The first-order chi connectivity index (χ1) is 7.95. The largest absolute Gasteiger partial charge is 0.329 e. The fraction of sp³-hybridized carbons (Fsp3) is 1.00. The van der Waals surface area contributed by atoms with Gasteiger partial charge in [0.05, 0.1) is 0 Å². The molecule has 17 heavy (non-hydrogen) atoms. The number of nitrogens with zero attached hydrogens (tertiary/aromatic N) is 1. The van der Waals surface area contributed by atoms with Crippen LogP contribution in [0.1, 0.15) is 59.8 Å². The summed E-state index contributed by atoms with van der Waals surface area (Å²) in [6, 6.07) is 0.840. The van der Waals surface area contributed by atoms with Crippen LogP contribution in [-0.4, -0.2) is 29.6 Å². The van der Waals surface area contributed by atoms with Gasteiger partial charge in [0.1, 0.15) is 0 Å². The van der Waals surface area contributed by atoms with Gasteiger partial charge in [-0.3, -0.25) is 4.90 Å². The van der Waals surface area contributed by atoms with Gasteiger partial charge in [-0.15, -0.1) is 0 Å². The third-order valence-corrected chi connectivity index (χ3v) is 5.26. The summed E-state index contributed by atoms with van der Waals surface area (Å²) >= 11 is 0. The van der Waals surface area contributed by atoms with E-state index in [1.165, 1.54) is 38.6 Å². The van der Waals surface area contributed by atoms with E-state index in [2.05, 4.69) is 32.6 Å². The highest BCUT2D eigenvalue weighted by Gasteiger charge is 2.49. The number of hydrogen-bond acceptors (Lipinski definition) is 2. The van der Waals surface area contributed by atoms with Gasteiger partial charge in [-0.25, -0.2) is 0 Å². The molecule has 0 radical (unpaired) electrons. The van der Waals surface area contributed by atoms with Gasteiger partial charge in [-0.2, -0.15) is 0 Å². The Morgan fingerprint density at radius 1 is 1.24 bits per heavy atom. The molecule has 0 aromatic heterocycles. The molecule has 0 aromatic carbocycles. The summed E-state index contributed by atoms with van der Waals surface area (Å²) in [5, 5.41) is 0. The first kappa shape index (κ1) is 13.4. The molecule has 2 aliphatic rings. The van der Waals surface area contributed by atoms with E-state index in [1.807, 2.05) is 0 Å². The highest BCUT2D eigenvalue weighted by molar-refractivity contribution is 5.05. The third-order valence-electron chi connectivity index (χ3n) is 5.26. The van der Waals surface area contributed by atoms with Crippen molar-refractivity contribution in [1.82, 2.24) is 4.90 Å². The van der Waals surface area contributed by atoms with Gasteiger partial charge >= 0.3 is 0 Å². The maximum Gasteiger partial charge on any atom is 0.0360 e. The Labute approximate surface area is 107 Å². The highest BCUT2D eigenvalue weighted by Crippen LogP contribution is 2.48. The normalized spacial score (nSPS) is 37.4. The molecule has 0 aromatic rings. The predicted molar refractivity (Wildman–Crippen MR) is 74.0 cm³/mol. The molecule has 2 atom stereocenters. The standard InChI is InChI=1S/C15H30N2/c1-5-17(13-6-7-13)15(11-16)9-8-14(3,4)10-12(15)2/h12-13H,5-11,16H2,1-4H3. The molecule has 0 aliphatic heterocycles. The van der Waals surface area contributed by atoms with Crippen molar-refractivity contribution in [2.45, 2.75) is 71.4 Å². The smallest absolute Gasteiger partial charge is 0.0360 e. The zero-order valence-electron chi connectivity index (χ0n) is 12.1. The lowest BCUT2D eigenvalue weighted by atomic mass is 9.63. The van der Waals surface area contributed by atoms with Crippen LogP contribution >= 0.6 is 0 Å². The topological polar surface area (TPSA) is 29.3 Å². The van der Waals surface area contributed by atoms with E-state index in [-0.39, 0.29) is 0 Å².